The predicted octanol–water partition coefficient (Wildman–Crippen LogP) is 4.37. The van der Waals surface area contributed by atoms with E-state index in [9.17, 15) is 13.2 Å². The first kappa shape index (κ1) is 21.9. The Balaban J connectivity index is 2.11. The Morgan fingerprint density at radius 2 is 1.76 bits per heavy atom. The van der Waals surface area contributed by atoms with Gasteiger partial charge in [0.15, 0.2) is 0 Å². The summed E-state index contributed by atoms with van der Waals surface area (Å²) >= 11 is 1.46. The van der Waals surface area contributed by atoms with Crippen molar-refractivity contribution in [2.75, 3.05) is 12.4 Å². The van der Waals surface area contributed by atoms with Crippen molar-refractivity contribution in [2.24, 2.45) is 0 Å². The van der Waals surface area contributed by atoms with E-state index in [1.54, 1.807) is 13.8 Å². The Morgan fingerprint density at radius 3 is 2.34 bits per heavy atom. The SMILES string of the molecule is CCCOC(=O)C1CSC(c2ccccc2)N1S(=O)(=O)c1c(C)cc(C)cc1C. The van der Waals surface area contributed by atoms with E-state index < -0.39 is 27.4 Å². The summed E-state index contributed by atoms with van der Waals surface area (Å²) in [6.07, 6.45) is 0.691. The van der Waals surface area contributed by atoms with Gasteiger partial charge in [0, 0.05) is 5.75 Å². The molecule has 29 heavy (non-hydrogen) atoms. The van der Waals surface area contributed by atoms with E-state index in [4.69, 9.17) is 4.74 Å². The van der Waals surface area contributed by atoms with Gasteiger partial charge in [0.2, 0.25) is 10.0 Å². The molecule has 0 spiro atoms. The van der Waals surface area contributed by atoms with Crippen molar-refractivity contribution < 1.29 is 17.9 Å². The Hall–Kier alpha value is -1.83. The molecular formula is C22H27NO4S2. The van der Waals surface area contributed by atoms with E-state index in [0.717, 1.165) is 11.1 Å². The van der Waals surface area contributed by atoms with Crippen LogP contribution in [0.1, 0.15) is 41.0 Å². The molecule has 2 unspecified atom stereocenters. The number of hydrogen-bond donors (Lipinski definition) is 0. The van der Waals surface area contributed by atoms with Gasteiger partial charge in [-0.3, -0.25) is 4.79 Å². The van der Waals surface area contributed by atoms with Gasteiger partial charge in [0.05, 0.1) is 16.9 Å². The molecule has 2 atom stereocenters. The zero-order valence-electron chi connectivity index (χ0n) is 17.2. The van der Waals surface area contributed by atoms with Gasteiger partial charge in [-0.25, -0.2) is 8.42 Å². The Bertz CT molecular complexity index is 966. The van der Waals surface area contributed by atoms with Crippen LogP contribution >= 0.6 is 11.8 Å². The number of esters is 1. The molecule has 1 aliphatic rings. The van der Waals surface area contributed by atoms with Gasteiger partial charge < -0.3 is 4.74 Å². The smallest absolute Gasteiger partial charge is 0.325 e. The minimum absolute atomic E-state index is 0.278. The molecular weight excluding hydrogens is 406 g/mol. The lowest BCUT2D eigenvalue weighted by atomic mass is 10.1. The lowest BCUT2D eigenvalue weighted by Crippen LogP contribution is -2.44. The molecule has 0 bridgehead atoms. The number of rotatable bonds is 6. The quantitative estimate of drug-likeness (QED) is 0.633. The zero-order chi connectivity index (χ0) is 21.2. The summed E-state index contributed by atoms with van der Waals surface area (Å²) in [7, 11) is -3.92. The number of sulfonamides is 1. The summed E-state index contributed by atoms with van der Waals surface area (Å²) in [6.45, 7) is 7.75. The topological polar surface area (TPSA) is 63.7 Å². The van der Waals surface area contributed by atoms with Crippen LogP contribution in [-0.2, 0) is 19.6 Å². The Morgan fingerprint density at radius 1 is 1.14 bits per heavy atom. The lowest BCUT2D eigenvalue weighted by Gasteiger charge is -2.29. The highest BCUT2D eigenvalue weighted by molar-refractivity contribution is 8.01. The molecule has 0 aromatic heterocycles. The second-order valence-corrected chi connectivity index (χ2v) is 10.2. The second-order valence-electron chi connectivity index (χ2n) is 7.34. The number of aryl methyl sites for hydroxylation is 3. The second kappa shape index (κ2) is 8.90. The monoisotopic (exact) mass is 433 g/mol. The normalized spacial score (nSPS) is 20.0. The molecule has 1 saturated heterocycles. The molecule has 0 aliphatic carbocycles. The highest BCUT2D eigenvalue weighted by Crippen LogP contribution is 2.45. The molecule has 2 aromatic carbocycles. The molecule has 156 valence electrons. The van der Waals surface area contributed by atoms with Gasteiger partial charge >= 0.3 is 5.97 Å². The van der Waals surface area contributed by atoms with Crippen molar-refractivity contribution in [1.29, 1.82) is 0 Å². The van der Waals surface area contributed by atoms with Gasteiger partial charge in [0.1, 0.15) is 6.04 Å². The third kappa shape index (κ3) is 4.37. The van der Waals surface area contributed by atoms with Crippen LogP contribution in [0.2, 0.25) is 0 Å². The van der Waals surface area contributed by atoms with Crippen molar-refractivity contribution in [3.8, 4) is 0 Å². The third-order valence-corrected chi connectivity index (χ3v) is 8.53. The van der Waals surface area contributed by atoms with Crippen molar-refractivity contribution in [3.63, 3.8) is 0 Å². The standard InChI is InChI=1S/C22H27NO4S2/c1-5-11-27-22(24)19-14-28-21(18-9-7-6-8-10-18)23(19)29(25,26)20-16(3)12-15(2)13-17(20)4/h6-10,12-13,19,21H,5,11,14H2,1-4H3. The number of thioether (sulfide) groups is 1. The number of carbonyl (C=O) groups is 1. The van der Waals surface area contributed by atoms with Crippen LogP contribution in [-0.4, -0.2) is 37.1 Å². The molecule has 0 radical (unpaired) electrons. The highest BCUT2D eigenvalue weighted by Gasteiger charge is 2.48. The Kier molecular flexibility index (Phi) is 6.71. The fourth-order valence-electron chi connectivity index (χ4n) is 3.80. The number of benzene rings is 2. The number of carbonyl (C=O) groups excluding carboxylic acids is 1. The van der Waals surface area contributed by atoms with E-state index in [0.29, 0.717) is 23.3 Å². The fraction of sp³-hybridized carbons (Fsp3) is 0.409. The van der Waals surface area contributed by atoms with Gasteiger partial charge in [-0.2, -0.15) is 4.31 Å². The lowest BCUT2D eigenvalue weighted by molar-refractivity contribution is -0.147. The van der Waals surface area contributed by atoms with Crippen molar-refractivity contribution in [3.05, 3.63) is 64.7 Å². The van der Waals surface area contributed by atoms with Crippen LogP contribution in [0.25, 0.3) is 0 Å². The maximum Gasteiger partial charge on any atom is 0.325 e. The van der Waals surface area contributed by atoms with Crippen molar-refractivity contribution in [1.82, 2.24) is 4.31 Å². The van der Waals surface area contributed by atoms with Crippen LogP contribution in [0.3, 0.4) is 0 Å². The van der Waals surface area contributed by atoms with Crippen LogP contribution in [0.4, 0.5) is 0 Å². The van der Waals surface area contributed by atoms with E-state index in [2.05, 4.69) is 0 Å². The number of hydrogen-bond acceptors (Lipinski definition) is 5. The average molecular weight is 434 g/mol. The molecule has 1 aliphatic heterocycles. The van der Waals surface area contributed by atoms with Gasteiger partial charge in [-0.05, 0) is 43.9 Å². The molecule has 0 saturated carbocycles. The minimum atomic E-state index is -3.92. The molecule has 3 rings (SSSR count). The fourth-order valence-corrected chi connectivity index (χ4v) is 7.73. The van der Waals surface area contributed by atoms with E-state index in [1.807, 2.05) is 56.3 Å². The van der Waals surface area contributed by atoms with Gasteiger partial charge in [-0.1, -0.05) is 55.0 Å². The van der Waals surface area contributed by atoms with Crippen molar-refractivity contribution >= 4 is 27.8 Å². The summed E-state index contributed by atoms with van der Waals surface area (Å²) in [4.78, 5) is 13.0. The first-order valence-corrected chi connectivity index (χ1v) is 12.2. The summed E-state index contributed by atoms with van der Waals surface area (Å²) in [5.74, 6) is -0.116. The molecule has 5 nitrogen and oxygen atoms in total. The van der Waals surface area contributed by atoms with Gasteiger partial charge in [0.25, 0.3) is 0 Å². The van der Waals surface area contributed by atoms with E-state index >= 15 is 0 Å². The van der Waals surface area contributed by atoms with Crippen LogP contribution in [0, 0.1) is 20.8 Å². The predicted molar refractivity (Wildman–Crippen MR) is 116 cm³/mol. The number of nitrogens with zero attached hydrogens (tertiary/aromatic N) is 1. The first-order chi connectivity index (χ1) is 13.8. The van der Waals surface area contributed by atoms with E-state index in [-0.39, 0.29) is 11.5 Å². The molecule has 2 aromatic rings. The largest absolute Gasteiger partial charge is 0.464 e. The maximum absolute atomic E-state index is 13.9. The summed E-state index contributed by atoms with van der Waals surface area (Å²) < 4.78 is 34.4. The van der Waals surface area contributed by atoms with Crippen LogP contribution in [0.5, 0.6) is 0 Å². The highest BCUT2D eigenvalue weighted by atomic mass is 32.2. The molecule has 1 fully saturated rings. The third-order valence-electron chi connectivity index (χ3n) is 4.90. The van der Waals surface area contributed by atoms with Gasteiger partial charge in [-0.15, -0.1) is 11.8 Å². The average Bonchev–Trinajstić information content (AvgIpc) is 3.12. The summed E-state index contributed by atoms with van der Waals surface area (Å²) in [6, 6.07) is 12.3. The Labute approximate surface area is 177 Å². The first-order valence-electron chi connectivity index (χ1n) is 9.72. The zero-order valence-corrected chi connectivity index (χ0v) is 18.8. The molecule has 0 N–H and O–H groups in total. The summed E-state index contributed by atoms with van der Waals surface area (Å²) in [5.41, 5.74) is 3.24. The molecule has 7 heteroatoms. The number of ether oxygens (including phenoxy) is 1. The molecule has 0 amide bonds. The van der Waals surface area contributed by atoms with E-state index in [1.165, 1.54) is 16.1 Å². The molecule has 1 heterocycles. The minimum Gasteiger partial charge on any atom is -0.464 e. The van der Waals surface area contributed by atoms with Crippen LogP contribution < -0.4 is 0 Å². The van der Waals surface area contributed by atoms with Crippen LogP contribution in [0.15, 0.2) is 47.4 Å². The maximum atomic E-state index is 13.9. The summed E-state index contributed by atoms with van der Waals surface area (Å²) in [5, 5.41) is -0.472. The van der Waals surface area contributed by atoms with Crippen molar-refractivity contribution in [2.45, 2.75) is 50.4 Å².